The van der Waals surface area contributed by atoms with Crippen LogP contribution in [0.25, 0.3) is 0 Å². The molecule has 0 saturated carbocycles. The molecule has 0 radical (unpaired) electrons. The molecule has 2 heterocycles. The number of hydrogen-bond acceptors (Lipinski definition) is 3. The number of halogens is 1. The van der Waals surface area contributed by atoms with E-state index in [1.54, 1.807) is 23.1 Å². The Morgan fingerprint density at radius 2 is 1.85 bits per heavy atom. The molecule has 6 heteroatoms. The summed E-state index contributed by atoms with van der Waals surface area (Å²) in [7, 11) is 5.48. The minimum absolute atomic E-state index is 0.0461. The summed E-state index contributed by atoms with van der Waals surface area (Å²) in [5.41, 5.74) is 0.552. The van der Waals surface area contributed by atoms with E-state index in [0.717, 1.165) is 25.8 Å². The summed E-state index contributed by atoms with van der Waals surface area (Å²) in [6.07, 6.45) is 3.30. The van der Waals surface area contributed by atoms with E-state index in [4.69, 9.17) is 0 Å². The lowest BCUT2D eigenvalue weighted by Gasteiger charge is -2.47. The topological polar surface area (TPSA) is 43.9 Å². The SMILES string of the molecule is CN1CC2(CCC1=O)CCN(C(=O)[C@@H](c1ccccc1F)N(C)C)CC2. The molecule has 2 amide bonds. The van der Waals surface area contributed by atoms with Crippen LogP contribution >= 0.6 is 0 Å². The highest BCUT2D eigenvalue weighted by Crippen LogP contribution is 2.40. The van der Waals surface area contributed by atoms with Crippen molar-refractivity contribution in [2.75, 3.05) is 40.8 Å². The number of carbonyl (C=O) groups excluding carboxylic acids is 2. The lowest BCUT2D eigenvalue weighted by molar-refractivity contribution is -0.143. The molecule has 26 heavy (non-hydrogen) atoms. The molecule has 2 fully saturated rings. The van der Waals surface area contributed by atoms with Gasteiger partial charge in [-0.05, 0) is 44.8 Å². The van der Waals surface area contributed by atoms with E-state index in [1.807, 2.05) is 30.9 Å². The van der Waals surface area contributed by atoms with E-state index in [9.17, 15) is 14.0 Å². The molecule has 2 aliphatic heterocycles. The van der Waals surface area contributed by atoms with Gasteiger partial charge in [-0.25, -0.2) is 4.39 Å². The zero-order valence-corrected chi connectivity index (χ0v) is 15.9. The van der Waals surface area contributed by atoms with E-state index in [0.29, 0.717) is 25.1 Å². The lowest BCUT2D eigenvalue weighted by Crippen LogP contribution is -2.52. The predicted octanol–water partition coefficient (Wildman–Crippen LogP) is 2.29. The quantitative estimate of drug-likeness (QED) is 0.830. The second-order valence-electron chi connectivity index (χ2n) is 7.96. The van der Waals surface area contributed by atoms with E-state index >= 15 is 0 Å². The molecule has 0 unspecified atom stereocenters. The zero-order valence-electron chi connectivity index (χ0n) is 15.9. The Balaban J connectivity index is 1.71. The normalized spacial score (nSPS) is 21.3. The molecule has 1 atom stereocenters. The molecule has 142 valence electrons. The van der Waals surface area contributed by atoms with Crippen LogP contribution in [0.5, 0.6) is 0 Å². The van der Waals surface area contributed by atoms with Crippen LogP contribution in [0.2, 0.25) is 0 Å². The van der Waals surface area contributed by atoms with Gasteiger partial charge in [-0.15, -0.1) is 0 Å². The molecule has 0 bridgehead atoms. The summed E-state index contributed by atoms with van der Waals surface area (Å²) >= 11 is 0. The number of piperidine rings is 2. The summed E-state index contributed by atoms with van der Waals surface area (Å²) in [6.45, 7) is 2.11. The number of amides is 2. The highest BCUT2D eigenvalue weighted by Gasteiger charge is 2.42. The van der Waals surface area contributed by atoms with Gasteiger partial charge in [0.15, 0.2) is 0 Å². The van der Waals surface area contributed by atoms with Gasteiger partial charge in [-0.1, -0.05) is 18.2 Å². The van der Waals surface area contributed by atoms with Crippen molar-refractivity contribution in [1.29, 1.82) is 0 Å². The molecule has 0 N–H and O–H groups in total. The average molecular weight is 361 g/mol. The van der Waals surface area contributed by atoms with Gasteiger partial charge in [0.2, 0.25) is 11.8 Å². The third kappa shape index (κ3) is 3.61. The monoisotopic (exact) mass is 361 g/mol. The Kier molecular flexibility index (Phi) is 5.32. The lowest BCUT2D eigenvalue weighted by atomic mass is 9.72. The molecule has 1 aromatic rings. The van der Waals surface area contributed by atoms with E-state index < -0.39 is 6.04 Å². The Hall–Kier alpha value is -1.95. The largest absolute Gasteiger partial charge is 0.345 e. The van der Waals surface area contributed by atoms with Gasteiger partial charge in [-0.2, -0.15) is 0 Å². The Morgan fingerprint density at radius 3 is 2.42 bits per heavy atom. The fourth-order valence-electron chi connectivity index (χ4n) is 4.34. The second kappa shape index (κ2) is 7.35. The van der Waals surface area contributed by atoms with Crippen LogP contribution in [0.1, 0.15) is 37.3 Å². The smallest absolute Gasteiger partial charge is 0.244 e. The molecule has 1 spiro atoms. The number of benzene rings is 1. The van der Waals surface area contributed by atoms with Gasteiger partial charge in [0, 0.05) is 38.7 Å². The highest BCUT2D eigenvalue weighted by molar-refractivity contribution is 5.83. The molecule has 2 aliphatic rings. The van der Waals surface area contributed by atoms with E-state index in [1.165, 1.54) is 6.07 Å². The minimum Gasteiger partial charge on any atom is -0.345 e. The van der Waals surface area contributed by atoms with Crippen molar-refractivity contribution in [2.24, 2.45) is 5.41 Å². The van der Waals surface area contributed by atoms with Crippen LogP contribution in [-0.2, 0) is 9.59 Å². The van der Waals surface area contributed by atoms with Crippen LogP contribution in [-0.4, -0.2) is 67.3 Å². The zero-order chi connectivity index (χ0) is 18.9. The van der Waals surface area contributed by atoms with E-state index in [-0.39, 0.29) is 23.0 Å². The summed E-state index contributed by atoms with van der Waals surface area (Å²) in [6, 6.07) is 5.88. The molecule has 1 aromatic carbocycles. The van der Waals surface area contributed by atoms with Crippen molar-refractivity contribution in [2.45, 2.75) is 31.7 Å². The first-order valence-corrected chi connectivity index (χ1v) is 9.27. The van der Waals surface area contributed by atoms with Gasteiger partial charge < -0.3 is 9.80 Å². The summed E-state index contributed by atoms with van der Waals surface area (Å²) in [5.74, 6) is -0.183. The van der Waals surface area contributed by atoms with Crippen molar-refractivity contribution < 1.29 is 14.0 Å². The van der Waals surface area contributed by atoms with Crippen LogP contribution in [0.3, 0.4) is 0 Å². The minimum atomic E-state index is -0.610. The van der Waals surface area contributed by atoms with Gasteiger partial charge in [-0.3, -0.25) is 14.5 Å². The molecular formula is C20H28FN3O2. The molecule has 0 aliphatic carbocycles. The summed E-state index contributed by atoms with van der Waals surface area (Å²) in [5, 5.41) is 0. The average Bonchev–Trinajstić information content (AvgIpc) is 2.61. The van der Waals surface area contributed by atoms with Crippen molar-refractivity contribution >= 4 is 11.8 Å². The number of nitrogens with zero attached hydrogens (tertiary/aromatic N) is 3. The second-order valence-corrected chi connectivity index (χ2v) is 7.96. The third-order valence-corrected chi connectivity index (χ3v) is 5.95. The summed E-state index contributed by atoms with van der Waals surface area (Å²) in [4.78, 5) is 30.4. The summed E-state index contributed by atoms with van der Waals surface area (Å²) < 4.78 is 14.3. The molecule has 3 rings (SSSR count). The fourth-order valence-corrected chi connectivity index (χ4v) is 4.34. The number of likely N-dealkylation sites (N-methyl/N-ethyl adjacent to an activating group) is 1. The maximum absolute atomic E-state index is 14.3. The first kappa shape index (κ1) is 18.8. The molecule has 5 nitrogen and oxygen atoms in total. The number of carbonyl (C=O) groups is 2. The standard InChI is InChI=1S/C20H28FN3O2/c1-22(2)18(15-6-4-5-7-16(15)21)19(26)24-12-10-20(11-13-24)9-8-17(25)23(3)14-20/h4-7,18H,8-14H2,1-3H3/t18-/m1/s1. The number of hydrogen-bond donors (Lipinski definition) is 0. The van der Waals surface area contributed by atoms with Crippen molar-refractivity contribution in [3.05, 3.63) is 35.6 Å². The van der Waals surface area contributed by atoms with Crippen LogP contribution in [0, 0.1) is 11.2 Å². The predicted molar refractivity (Wildman–Crippen MR) is 97.9 cm³/mol. The first-order chi connectivity index (χ1) is 12.3. The van der Waals surface area contributed by atoms with E-state index in [2.05, 4.69) is 0 Å². The maximum Gasteiger partial charge on any atom is 0.244 e. The fraction of sp³-hybridized carbons (Fsp3) is 0.600. The first-order valence-electron chi connectivity index (χ1n) is 9.27. The van der Waals surface area contributed by atoms with Gasteiger partial charge in [0.25, 0.3) is 0 Å². The van der Waals surface area contributed by atoms with Gasteiger partial charge in [0.05, 0.1) is 0 Å². The maximum atomic E-state index is 14.3. The highest BCUT2D eigenvalue weighted by atomic mass is 19.1. The molecular weight excluding hydrogens is 333 g/mol. The third-order valence-electron chi connectivity index (χ3n) is 5.95. The van der Waals surface area contributed by atoms with Crippen LogP contribution in [0.4, 0.5) is 4.39 Å². The van der Waals surface area contributed by atoms with Crippen molar-refractivity contribution in [3.8, 4) is 0 Å². The van der Waals surface area contributed by atoms with Crippen LogP contribution < -0.4 is 0 Å². The number of likely N-dealkylation sites (tertiary alicyclic amines) is 2. The molecule has 2 saturated heterocycles. The Bertz CT molecular complexity index is 683. The van der Waals surface area contributed by atoms with Gasteiger partial charge >= 0.3 is 0 Å². The molecule has 0 aromatic heterocycles. The van der Waals surface area contributed by atoms with Gasteiger partial charge in [0.1, 0.15) is 11.9 Å². The van der Waals surface area contributed by atoms with Crippen molar-refractivity contribution in [1.82, 2.24) is 14.7 Å². The Morgan fingerprint density at radius 1 is 1.19 bits per heavy atom. The van der Waals surface area contributed by atoms with Crippen LogP contribution in [0.15, 0.2) is 24.3 Å². The van der Waals surface area contributed by atoms with Crippen molar-refractivity contribution in [3.63, 3.8) is 0 Å². The Labute approximate surface area is 154 Å². The number of rotatable bonds is 3.